The fraction of sp³-hybridized carbons (Fsp3) is 0.727. The molecule has 1 heterocycles. The number of aryl methyl sites for hydroxylation is 1. The van der Waals surface area contributed by atoms with Gasteiger partial charge < -0.3 is 14.6 Å². The molecule has 2 rings (SSSR count). The van der Waals surface area contributed by atoms with E-state index in [0.717, 1.165) is 18.2 Å². The van der Waals surface area contributed by atoms with E-state index in [0.29, 0.717) is 6.04 Å². The minimum absolute atomic E-state index is 0.217. The monoisotopic (exact) mass is 209 g/mol. The minimum Gasteiger partial charge on any atom is -0.380 e. The molecule has 1 N–H and O–H groups in total. The van der Waals surface area contributed by atoms with E-state index in [2.05, 4.69) is 21.1 Å². The third kappa shape index (κ3) is 2.50. The molecule has 1 aliphatic rings. The molecular weight excluding hydrogens is 190 g/mol. The number of nitrogens with one attached hydrogen (secondary N) is 1. The Bertz CT molecular complexity index is 331. The van der Waals surface area contributed by atoms with Crippen molar-refractivity contribution in [3.8, 4) is 0 Å². The molecule has 0 radical (unpaired) electrons. The van der Waals surface area contributed by atoms with Gasteiger partial charge >= 0.3 is 0 Å². The standard InChI is InChI=1S/C11H19N3O/c1-8-7-14(10-4-5-10)11(13-8)12-6-9(2)15-3/h7,9-10H,4-6H2,1-3H3,(H,12,13). The van der Waals surface area contributed by atoms with Crippen LogP contribution in [0.5, 0.6) is 0 Å². The van der Waals surface area contributed by atoms with Gasteiger partial charge in [-0.15, -0.1) is 0 Å². The lowest BCUT2D eigenvalue weighted by atomic mass is 10.4. The summed E-state index contributed by atoms with van der Waals surface area (Å²) in [4.78, 5) is 4.47. The van der Waals surface area contributed by atoms with Crippen LogP contribution in [0, 0.1) is 6.92 Å². The van der Waals surface area contributed by atoms with Gasteiger partial charge in [-0.25, -0.2) is 4.98 Å². The molecule has 84 valence electrons. The van der Waals surface area contributed by atoms with Crippen molar-refractivity contribution in [2.24, 2.45) is 0 Å². The first-order chi connectivity index (χ1) is 7.20. The van der Waals surface area contributed by atoms with E-state index in [9.17, 15) is 0 Å². The number of rotatable bonds is 5. The quantitative estimate of drug-likeness (QED) is 0.806. The number of nitrogens with zero attached hydrogens (tertiary/aromatic N) is 2. The molecule has 1 aromatic heterocycles. The second-order valence-electron chi connectivity index (χ2n) is 4.27. The van der Waals surface area contributed by atoms with Gasteiger partial charge in [0.2, 0.25) is 5.95 Å². The molecule has 0 aromatic carbocycles. The van der Waals surface area contributed by atoms with Crippen molar-refractivity contribution in [3.63, 3.8) is 0 Å². The third-order valence-electron chi connectivity index (χ3n) is 2.74. The lowest BCUT2D eigenvalue weighted by Gasteiger charge is -2.12. The Morgan fingerprint density at radius 3 is 3.00 bits per heavy atom. The highest BCUT2D eigenvalue weighted by molar-refractivity contribution is 5.30. The predicted octanol–water partition coefficient (Wildman–Crippen LogP) is 1.97. The molecule has 0 aliphatic heterocycles. The van der Waals surface area contributed by atoms with Crippen LogP contribution in [0.1, 0.15) is 31.5 Å². The third-order valence-corrected chi connectivity index (χ3v) is 2.74. The van der Waals surface area contributed by atoms with Gasteiger partial charge in [0.15, 0.2) is 0 Å². The molecule has 0 saturated heterocycles. The number of aromatic nitrogens is 2. The fourth-order valence-corrected chi connectivity index (χ4v) is 1.60. The van der Waals surface area contributed by atoms with Gasteiger partial charge in [0.1, 0.15) is 0 Å². The summed E-state index contributed by atoms with van der Waals surface area (Å²) in [6, 6.07) is 0.673. The average molecular weight is 209 g/mol. The zero-order valence-corrected chi connectivity index (χ0v) is 9.66. The van der Waals surface area contributed by atoms with Gasteiger partial charge in [0.05, 0.1) is 11.8 Å². The van der Waals surface area contributed by atoms with Crippen LogP contribution in [0.3, 0.4) is 0 Å². The predicted molar refractivity (Wildman–Crippen MR) is 60.2 cm³/mol. The van der Waals surface area contributed by atoms with Crippen molar-refractivity contribution in [1.29, 1.82) is 0 Å². The van der Waals surface area contributed by atoms with Gasteiger partial charge in [0, 0.05) is 25.9 Å². The summed E-state index contributed by atoms with van der Waals surface area (Å²) in [6.07, 6.45) is 4.90. The van der Waals surface area contributed by atoms with Crippen molar-refractivity contribution in [2.45, 2.75) is 38.8 Å². The van der Waals surface area contributed by atoms with Crippen LogP contribution < -0.4 is 5.32 Å². The molecule has 1 atom stereocenters. The Morgan fingerprint density at radius 1 is 1.67 bits per heavy atom. The Hall–Kier alpha value is -1.03. The normalized spacial score (nSPS) is 17.8. The van der Waals surface area contributed by atoms with Crippen molar-refractivity contribution < 1.29 is 4.74 Å². The molecule has 15 heavy (non-hydrogen) atoms. The van der Waals surface area contributed by atoms with Crippen LogP contribution >= 0.6 is 0 Å². The molecule has 1 aliphatic carbocycles. The fourth-order valence-electron chi connectivity index (χ4n) is 1.60. The van der Waals surface area contributed by atoms with Crippen LogP contribution in [-0.4, -0.2) is 29.3 Å². The van der Waals surface area contributed by atoms with Crippen LogP contribution in [0.25, 0.3) is 0 Å². The number of anilines is 1. The van der Waals surface area contributed by atoms with E-state index >= 15 is 0 Å². The van der Waals surface area contributed by atoms with Crippen molar-refractivity contribution in [2.75, 3.05) is 19.0 Å². The van der Waals surface area contributed by atoms with Crippen molar-refractivity contribution in [1.82, 2.24) is 9.55 Å². The number of imidazole rings is 1. The average Bonchev–Trinajstić information content (AvgIpc) is 2.99. The molecule has 0 bridgehead atoms. The Kier molecular flexibility index (Phi) is 2.95. The van der Waals surface area contributed by atoms with Gasteiger partial charge in [0.25, 0.3) is 0 Å². The number of hydrogen-bond acceptors (Lipinski definition) is 3. The SMILES string of the molecule is COC(C)CNc1nc(C)cn1C1CC1. The highest BCUT2D eigenvalue weighted by Crippen LogP contribution is 2.37. The first kappa shape index (κ1) is 10.5. The Balaban J connectivity index is 2.00. The molecule has 1 unspecified atom stereocenters. The summed E-state index contributed by atoms with van der Waals surface area (Å²) < 4.78 is 7.44. The maximum atomic E-state index is 5.20. The molecular formula is C11H19N3O. The molecule has 4 heteroatoms. The highest BCUT2D eigenvalue weighted by atomic mass is 16.5. The first-order valence-corrected chi connectivity index (χ1v) is 5.53. The number of hydrogen-bond donors (Lipinski definition) is 1. The summed E-state index contributed by atoms with van der Waals surface area (Å²) >= 11 is 0. The number of methoxy groups -OCH3 is 1. The zero-order chi connectivity index (χ0) is 10.8. The van der Waals surface area contributed by atoms with E-state index in [1.165, 1.54) is 12.8 Å². The topological polar surface area (TPSA) is 39.1 Å². The largest absolute Gasteiger partial charge is 0.380 e. The van der Waals surface area contributed by atoms with Gasteiger partial charge in [-0.05, 0) is 26.7 Å². The van der Waals surface area contributed by atoms with Crippen LogP contribution in [0.15, 0.2) is 6.20 Å². The molecule has 4 nitrogen and oxygen atoms in total. The van der Waals surface area contributed by atoms with Crippen LogP contribution in [0.2, 0.25) is 0 Å². The maximum absolute atomic E-state index is 5.20. The van der Waals surface area contributed by atoms with E-state index in [1.807, 2.05) is 13.8 Å². The Labute approximate surface area is 90.6 Å². The van der Waals surface area contributed by atoms with Crippen LogP contribution in [0.4, 0.5) is 5.95 Å². The first-order valence-electron chi connectivity index (χ1n) is 5.53. The van der Waals surface area contributed by atoms with E-state index in [4.69, 9.17) is 4.74 Å². The second kappa shape index (κ2) is 4.23. The maximum Gasteiger partial charge on any atom is 0.203 e. The van der Waals surface area contributed by atoms with Crippen molar-refractivity contribution >= 4 is 5.95 Å². The van der Waals surface area contributed by atoms with Crippen molar-refractivity contribution in [3.05, 3.63) is 11.9 Å². The summed E-state index contributed by atoms with van der Waals surface area (Å²) in [5.74, 6) is 0.985. The summed E-state index contributed by atoms with van der Waals surface area (Å²) in [5.41, 5.74) is 1.08. The molecule has 1 fully saturated rings. The smallest absolute Gasteiger partial charge is 0.203 e. The van der Waals surface area contributed by atoms with E-state index < -0.39 is 0 Å². The Morgan fingerprint density at radius 2 is 2.40 bits per heavy atom. The lowest BCUT2D eigenvalue weighted by Crippen LogP contribution is -2.20. The summed E-state index contributed by atoms with van der Waals surface area (Å²) in [6.45, 7) is 4.88. The molecule has 0 spiro atoms. The minimum atomic E-state index is 0.217. The number of ether oxygens (including phenoxy) is 1. The van der Waals surface area contributed by atoms with E-state index in [1.54, 1.807) is 7.11 Å². The molecule has 1 aromatic rings. The summed E-state index contributed by atoms with van der Waals surface area (Å²) in [7, 11) is 1.73. The molecule has 1 saturated carbocycles. The highest BCUT2D eigenvalue weighted by Gasteiger charge is 2.26. The molecule has 0 amide bonds. The zero-order valence-electron chi connectivity index (χ0n) is 9.66. The van der Waals surface area contributed by atoms with E-state index in [-0.39, 0.29) is 6.10 Å². The lowest BCUT2D eigenvalue weighted by molar-refractivity contribution is 0.128. The van der Waals surface area contributed by atoms with Gasteiger partial charge in [-0.1, -0.05) is 0 Å². The van der Waals surface area contributed by atoms with Crippen LogP contribution in [-0.2, 0) is 4.74 Å². The summed E-state index contributed by atoms with van der Waals surface area (Å²) in [5, 5.41) is 3.33. The van der Waals surface area contributed by atoms with Gasteiger partial charge in [-0.3, -0.25) is 0 Å². The van der Waals surface area contributed by atoms with Gasteiger partial charge in [-0.2, -0.15) is 0 Å². The second-order valence-corrected chi connectivity index (χ2v) is 4.27.